The molecule has 0 aromatic carbocycles. The summed E-state index contributed by atoms with van der Waals surface area (Å²) in [5.74, 6) is 0.687. The monoisotopic (exact) mass is 282 g/mol. The van der Waals surface area contributed by atoms with Crippen molar-refractivity contribution in [3.63, 3.8) is 0 Å². The van der Waals surface area contributed by atoms with Gasteiger partial charge in [-0.05, 0) is 25.2 Å². The molecule has 0 bridgehead atoms. The fourth-order valence-corrected chi connectivity index (χ4v) is 3.01. The highest BCUT2D eigenvalue weighted by Crippen LogP contribution is 2.38. The standard InChI is InChI=1S/C15H26N2O3/c1-11-8-12(11)14(20)16-7-4-13(19)17-9-15(10-18)5-2-3-6-15/h11-12,18H,2-10H2,1H3,(H,16,20)(H,17,19). The molecule has 0 radical (unpaired) electrons. The molecule has 5 heteroatoms. The van der Waals surface area contributed by atoms with Gasteiger partial charge in [-0.2, -0.15) is 0 Å². The number of carbonyl (C=O) groups is 2. The first-order valence-corrected chi connectivity index (χ1v) is 7.72. The highest BCUT2D eigenvalue weighted by Gasteiger charge is 2.38. The van der Waals surface area contributed by atoms with Crippen molar-refractivity contribution in [3.05, 3.63) is 0 Å². The third-order valence-electron chi connectivity index (χ3n) is 4.76. The van der Waals surface area contributed by atoms with Crippen molar-refractivity contribution >= 4 is 11.8 Å². The second-order valence-electron chi connectivity index (χ2n) is 6.50. The van der Waals surface area contributed by atoms with Gasteiger partial charge in [0.1, 0.15) is 0 Å². The van der Waals surface area contributed by atoms with E-state index in [4.69, 9.17) is 0 Å². The number of aliphatic hydroxyl groups excluding tert-OH is 1. The molecule has 2 aliphatic carbocycles. The molecule has 2 atom stereocenters. The van der Waals surface area contributed by atoms with E-state index in [1.807, 2.05) is 0 Å². The Morgan fingerprint density at radius 3 is 2.45 bits per heavy atom. The number of aliphatic hydroxyl groups is 1. The van der Waals surface area contributed by atoms with Crippen LogP contribution in [0.25, 0.3) is 0 Å². The van der Waals surface area contributed by atoms with Crippen molar-refractivity contribution < 1.29 is 14.7 Å². The first-order valence-electron chi connectivity index (χ1n) is 7.72. The molecular weight excluding hydrogens is 256 g/mol. The normalized spacial score (nSPS) is 27.1. The molecule has 0 spiro atoms. The van der Waals surface area contributed by atoms with Crippen LogP contribution in [0.15, 0.2) is 0 Å². The lowest BCUT2D eigenvalue weighted by atomic mass is 9.87. The van der Waals surface area contributed by atoms with Crippen molar-refractivity contribution in [3.8, 4) is 0 Å². The minimum atomic E-state index is -0.109. The van der Waals surface area contributed by atoms with E-state index in [9.17, 15) is 14.7 Å². The molecule has 2 fully saturated rings. The SMILES string of the molecule is CC1CC1C(=O)NCCC(=O)NCC1(CO)CCCC1. The first kappa shape index (κ1) is 15.3. The van der Waals surface area contributed by atoms with E-state index >= 15 is 0 Å². The molecule has 20 heavy (non-hydrogen) atoms. The lowest BCUT2D eigenvalue weighted by Crippen LogP contribution is -2.39. The Morgan fingerprint density at radius 1 is 1.25 bits per heavy atom. The molecule has 0 aliphatic heterocycles. The van der Waals surface area contributed by atoms with E-state index < -0.39 is 0 Å². The van der Waals surface area contributed by atoms with E-state index in [0.29, 0.717) is 25.4 Å². The zero-order chi connectivity index (χ0) is 14.6. The van der Waals surface area contributed by atoms with Crippen LogP contribution in [0.4, 0.5) is 0 Å². The molecule has 2 saturated carbocycles. The topological polar surface area (TPSA) is 78.4 Å². The summed E-state index contributed by atoms with van der Waals surface area (Å²) in [6.45, 7) is 3.16. The quantitative estimate of drug-likeness (QED) is 0.647. The van der Waals surface area contributed by atoms with Crippen LogP contribution >= 0.6 is 0 Å². The van der Waals surface area contributed by atoms with Crippen LogP contribution in [0, 0.1) is 17.3 Å². The maximum Gasteiger partial charge on any atom is 0.223 e. The fourth-order valence-electron chi connectivity index (χ4n) is 3.01. The predicted molar refractivity (Wildman–Crippen MR) is 75.9 cm³/mol. The van der Waals surface area contributed by atoms with E-state index in [1.54, 1.807) is 0 Å². The zero-order valence-corrected chi connectivity index (χ0v) is 12.3. The largest absolute Gasteiger partial charge is 0.396 e. The Labute approximate surface area is 120 Å². The molecule has 3 N–H and O–H groups in total. The zero-order valence-electron chi connectivity index (χ0n) is 12.3. The maximum absolute atomic E-state index is 11.7. The Balaban J connectivity index is 1.59. The van der Waals surface area contributed by atoms with Gasteiger partial charge in [0.2, 0.25) is 11.8 Å². The number of hydrogen-bond acceptors (Lipinski definition) is 3. The Morgan fingerprint density at radius 2 is 1.90 bits per heavy atom. The van der Waals surface area contributed by atoms with Crippen LogP contribution in [-0.4, -0.2) is 36.6 Å². The van der Waals surface area contributed by atoms with Gasteiger partial charge < -0.3 is 15.7 Å². The van der Waals surface area contributed by atoms with Crippen molar-refractivity contribution in [1.29, 1.82) is 0 Å². The van der Waals surface area contributed by atoms with Crippen LogP contribution in [0.5, 0.6) is 0 Å². The van der Waals surface area contributed by atoms with Crippen LogP contribution in [0.3, 0.4) is 0 Å². The summed E-state index contributed by atoms with van der Waals surface area (Å²) in [5.41, 5.74) is -0.109. The van der Waals surface area contributed by atoms with Crippen LogP contribution < -0.4 is 10.6 Å². The van der Waals surface area contributed by atoms with Gasteiger partial charge in [-0.15, -0.1) is 0 Å². The molecular formula is C15H26N2O3. The van der Waals surface area contributed by atoms with Gasteiger partial charge in [0.15, 0.2) is 0 Å². The fraction of sp³-hybridized carbons (Fsp3) is 0.867. The van der Waals surface area contributed by atoms with Gasteiger partial charge in [0.25, 0.3) is 0 Å². The number of rotatable bonds is 7. The number of amides is 2. The average molecular weight is 282 g/mol. The molecule has 2 amide bonds. The van der Waals surface area contributed by atoms with Gasteiger partial charge in [-0.25, -0.2) is 0 Å². The minimum Gasteiger partial charge on any atom is -0.396 e. The van der Waals surface area contributed by atoms with Gasteiger partial charge in [-0.3, -0.25) is 9.59 Å². The molecule has 0 saturated heterocycles. The van der Waals surface area contributed by atoms with Crippen molar-refractivity contribution in [1.82, 2.24) is 10.6 Å². The highest BCUT2D eigenvalue weighted by molar-refractivity contribution is 5.82. The van der Waals surface area contributed by atoms with E-state index in [-0.39, 0.29) is 29.8 Å². The second kappa shape index (κ2) is 6.57. The summed E-state index contributed by atoms with van der Waals surface area (Å²) in [6, 6.07) is 0. The molecule has 2 unspecified atom stereocenters. The molecule has 0 aromatic heterocycles. The highest BCUT2D eigenvalue weighted by atomic mass is 16.3. The van der Waals surface area contributed by atoms with Crippen LogP contribution in [0.1, 0.15) is 45.4 Å². The third kappa shape index (κ3) is 3.95. The Bertz CT molecular complexity index is 364. The Hall–Kier alpha value is -1.10. The maximum atomic E-state index is 11.7. The summed E-state index contributed by atoms with van der Waals surface area (Å²) in [7, 11) is 0. The van der Waals surface area contributed by atoms with Crippen LogP contribution in [0.2, 0.25) is 0 Å². The van der Waals surface area contributed by atoms with Crippen molar-refractivity contribution in [2.45, 2.75) is 45.4 Å². The minimum absolute atomic E-state index is 0.0473. The predicted octanol–water partition coefficient (Wildman–Crippen LogP) is 0.818. The van der Waals surface area contributed by atoms with Crippen molar-refractivity contribution in [2.75, 3.05) is 19.7 Å². The molecule has 0 heterocycles. The summed E-state index contributed by atoms with van der Waals surface area (Å²) < 4.78 is 0. The van der Waals surface area contributed by atoms with Gasteiger partial charge in [0.05, 0.1) is 6.61 Å². The van der Waals surface area contributed by atoms with Gasteiger partial charge in [0, 0.05) is 30.8 Å². The first-order chi connectivity index (χ1) is 9.56. The number of carbonyl (C=O) groups excluding carboxylic acids is 2. The molecule has 0 aromatic rings. The van der Waals surface area contributed by atoms with Crippen LogP contribution in [-0.2, 0) is 9.59 Å². The van der Waals surface area contributed by atoms with E-state index in [2.05, 4.69) is 17.6 Å². The smallest absolute Gasteiger partial charge is 0.223 e. The molecule has 2 aliphatic rings. The Kier molecular flexibility index (Phi) is 5.02. The number of hydrogen-bond donors (Lipinski definition) is 3. The third-order valence-corrected chi connectivity index (χ3v) is 4.76. The van der Waals surface area contributed by atoms with E-state index in [0.717, 1.165) is 32.1 Å². The summed E-state index contributed by atoms with van der Waals surface area (Å²) >= 11 is 0. The van der Waals surface area contributed by atoms with E-state index in [1.165, 1.54) is 0 Å². The van der Waals surface area contributed by atoms with Gasteiger partial charge >= 0.3 is 0 Å². The lowest BCUT2D eigenvalue weighted by Gasteiger charge is -2.26. The lowest BCUT2D eigenvalue weighted by molar-refractivity contribution is -0.123. The summed E-state index contributed by atoms with van der Waals surface area (Å²) in [5, 5.41) is 15.2. The second-order valence-corrected chi connectivity index (χ2v) is 6.50. The molecule has 114 valence electrons. The van der Waals surface area contributed by atoms with Crippen molar-refractivity contribution in [2.24, 2.45) is 17.3 Å². The molecule has 2 rings (SSSR count). The van der Waals surface area contributed by atoms with Gasteiger partial charge in [-0.1, -0.05) is 19.8 Å². The summed E-state index contributed by atoms with van der Waals surface area (Å²) in [6.07, 6.45) is 5.52. The number of nitrogens with one attached hydrogen (secondary N) is 2. The molecule has 5 nitrogen and oxygen atoms in total. The summed E-state index contributed by atoms with van der Waals surface area (Å²) in [4.78, 5) is 23.3. The average Bonchev–Trinajstić information content (AvgIpc) is 3.00.